The fraction of sp³-hybridized carbons (Fsp3) is 0.824. The minimum Gasteiger partial charge on any atom is -0.300 e. The van der Waals surface area contributed by atoms with Crippen LogP contribution in [0.15, 0.2) is 0 Å². The van der Waals surface area contributed by atoms with Gasteiger partial charge in [-0.05, 0) is 37.5 Å². The molecule has 4 atom stereocenters. The van der Waals surface area contributed by atoms with E-state index >= 15 is 0 Å². The second-order valence-corrected chi connectivity index (χ2v) is 8.38. The zero-order valence-electron chi connectivity index (χ0n) is 14.2. The molecule has 0 aliphatic heterocycles. The molecule has 0 radical (unpaired) electrons. The summed E-state index contributed by atoms with van der Waals surface area (Å²) in [6, 6.07) is 0. The summed E-state index contributed by atoms with van der Waals surface area (Å²) in [7, 11) is -3.34. The lowest BCUT2D eigenvalue weighted by atomic mass is 9.79. The molecule has 2 aliphatic rings. The van der Waals surface area contributed by atoms with Gasteiger partial charge in [0.2, 0.25) is 0 Å². The molecule has 0 aromatic carbocycles. The fourth-order valence-corrected chi connectivity index (χ4v) is 5.36. The molecule has 0 aromatic rings. The first-order chi connectivity index (χ1) is 10.3. The van der Waals surface area contributed by atoms with E-state index in [0.717, 1.165) is 6.42 Å². The third-order valence-electron chi connectivity index (χ3n) is 5.34. The van der Waals surface area contributed by atoms with Gasteiger partial charge in [0.15, 0.2) is 0 Å². The highest BCUT2D eigenvalue weighted by Crippen LogP contribution is 2.71. The van der Waals surface area contributed by atoms with Gasteiger partial charge in [0.25, 0.3) is 0 Å². The highest BCUT2D eigenvalue weighted by atomic mass is 31.2. The van der Waals surface area contributed by atoms with Gasteiger partial charge >= 0.3 is 7.60 Å². The quantitative estimate of drug-likeness (QED) is 0.545. The van der Waals surface area contributed by atoms with E-state index in [1.165, 1.54) is 0 Å². The van der Waals surface area contributed by atoms with Crippen molar-refractivity contribution in [1.29, 1.82) is 0 Å². The summed E-state index contributed by atoms with van der Waals surface area (Å²) in [4.78, 5) is 12.5. The van der Waals surface area contributed by atoms with Crippen molar-refractivity contribution in [1.82, 2.24) is 0 Å². The van der Waals surface area contributed by atoms with Crippen molar-refractivity contribution in [2.24, 2.45) is 29.1 Å². The van der Waals surface area contributed by atoms with Crippen LogP contribution >= 0.6 is 7.60 Å². The van der Waals surface area contributed by atoms with E-state index in [9.17, 15) is 9.36 Å². The van der Waals surface area contributed by atoms with E-state index in [1.54, 1.807) is 13.8 Å². The maximum absolute atomic E-state index is 12.5. The highest BCUT2D eigenvalue weighted by molar-refractivity contribution is 7.59. The number of hydrogen-bond acceptors (Lipinski definition) is 4. The lowest BCUT2D eigenvalue weighted by Gasteiger charge is -2.24. The fourth-order valence-electron chi connectivity index (χ4n) is 4.19. The summed E-state index contributed by atoms with van der Waals surface area (Å²) < 4.78 is 22.7. The molecule has 1 unspecified atom stereocenters. The van der Waals surface area contributed by atoms with Gasteiger partial charge in [-0.1, -0.05) is 26.7 Å². The molecule has 0 bridgehead atoms. The van der Waals surface area contributed by atoms with Gasteiger partial charge in [-0.15, -0.1) is 0 Å². The van der Waals surface area contributed by atoms with E-state index in [2.05, 4.69) is 25.4 Å². The summed E-state index contributed by atoms with van der Waals surface area (Å²) in [5, 5.41) is 0. The Kier molecular flexibility index (Phi) is 5.22. The number of rotatable bonds is 6. The first-order valence-corrected chi connectivity index (χ1v) is 9.79. The normalized spacial score (nSPS) is 33.5. The largest absolute Gasteiger partial charge is 0.405 e. The molecule has 2 fully saturated rings. The molecule has 22 heavy (non-hydrogen) atoms. The van der Waals surface area contributed by atoms with Crippen molar-refractivity contribution in [2.75, 3.05) is 13.2 Å². The first-order valence-electron chi connectivity index (χ1n) is 8.25. The van der Waals surface area contributed by atoms with Crippen molar-refractivity contribution in [3.05, 3.63) is 0 Å². The van der Waals surface area contributed by atoms with Gasteiger partial charge < -0.3 is 0 Å². The van der Waals surface area contributed by atoms with Gasteiger partial charge in [-0.25, -0.2) is 4.57 Å². The average molecular weight is 326 g/mol. The zero-order valence-corrected chi connectivity index (χ0v) is 15.1. The Hall–Kier alpha value is -0.620. The standard InChI is InChI=1S/C17H27O4P/c1-6-20-22(19,21-7-2)10-8-9-14-16(18)13(5)15-11-17(14,15)12(3)4/h12-15H,6-7,9,11H2,1-5H3/t13-,14?,15-,17-/m1/s1. The Morgan fingerprint density at radius 2 is 1.91 bits per heavy atom. The topological polar surface area (TPSA) is 52.6 Å². The van der Waals surface area contributed by atoms with Crippen LogP contribution in [0, 0.1) is 40.7 Å². The third kappa shape index (κ3) is 2.92. The van der Waals surface area contributed by atoms with Crippen LogP contribution in [0.3, 0.4) is 0 Å². The van der Waals surface area contributed by atoms with Crippen LogP contribution in [-0.2, 0) is 18.4 Å². The molecule has 0 N–H and O–H groups in total. The monoisotopic (exact) mass is 326 g/mol. The van der Waals surface area contributed by atoms with Crippen LogP contribution in [0.4, 0.5) is 0 Å². The molecular weight excluding hydrogens is 299 g/mol. The van der Waals surface area contributed by atoms with Gasteiger partial charge in [0.1, 0.15) is 5.78 Å². The summed E-state index contributed by atoms with van der Waals surface area (Å²) >= 11 is 0. The van der Waals surface area contributed by atoms with Gasteiger partial charge in [0, 0.05) is 23.9 Å². The Morgan fingerprint density at radius 3 is 2.41 bits per heavy atom. The minimum atomic E-state index is -3.34. The lowest BCUT2D eigenvalue weighted by molar-refractivity contribution is -0.125. The summed E-state index contributed by atoms with van der Waals surface area (Å²) in [6.45, 7) is 10.5. The number of ketones is 1. The Morgan fingerprint density at radius 1 is 1.32 bits per heavy atom. The second kappa shape index (κ2) is 6.48. The number of Topliss-reactive ketones (excluding diaryl/α,β-unsaturated/α-hetero) is 1. The molecular formula is C17H27O4P. The minimum absolute atomic E-state index is 0.0308. The van der Waals surface area contributed by atoms with Crippen molar-refractivity contribution < 1.29 is 18.4 Å². The number of hydrogen-bond donors (Lipinski definition) is 0. The second-order valence-electron chi connectivity index (χ2n) is 6.65. The Labute approximate surface area is 133 Å². The maximum atomic E-state index is 12.5. The summed E-state index contributed by atoms with van der Waals surface area (Å²) in [5.74, 6) is 4.36. The molecule has 124 valence electrons. The highest BCUT2D eigenvalue weighted by Gasteiger charge is 2.70. The molecule has 2 rings (SSSR count). The molecule has 0 aromatic heterocycles. The number of fused-ring (bicyclic) bond motifs is 1. The Balaban J connectivity index is 2.12. The summed E-state index contributed by atoms with van der Waals surface area (Å²) in [6.07, 6.45) is 1.58. The van der Waals surface area contributed by atoms with E-state index in [-0.39, 0.29) is 17.3 Å². The number of carbonyl (C=O) groups excluding carboxylic acids is 1. The van der Waals surface area contributed by atoms with Crippen LogP contribution in [0.1, 0.15) is 47.5 Å². The van der Waals surface area contributed by atoms with Gasteiger partial charge in [-0.3, -0.25) is 13.8 Å². The van der Waals surface area contributed by atoms with E-state index in [0.29, 0.717) is 37.3 Å². The SMILES string of the molecule is CCOP(=O)(C#CCC1C(=O)[C@H](C)[C@H]2C[C@@]12C(C)C)OCC. The van der Waals surface area contributed by atoms with Crippen molar-refractivity contribution in [2.45, 2.75) is 47.5 Å². The van der Waals surface area contributed by atoms with Crippen LogP contribution in [-0.4, -0.2) is 19.0 Å². The van der Waals surface area contributed by atoms with Gasteiger partial charge in [-0.2, -0.15) is 0 Å². The van der Waals surface area contributed by atoms with Crippen LogP contribution in [0.25, 0.3) is 0 Å². The van der Waals surface area contributed by atoms with E-state index < -0.39 is 7.60 Å². The smallest absolute Gasteiger partial charge is 0.300 e. The molecule has 0 saturated heterocycles. The predicted octanol–water partition coefficient (Wildman–Crippen LogP) is 4.10. The van der Waals surface area contributed by atoms with Gasteiger partial charge in [0.05, 0.1) is 13.2 Å². The molecule has 2 aliphatic carbocycles. The molecule has 2 saturated carbocycles. The average Bonchev–Trinajstić information content (AvgIpc) is 3.14. The molecule has 0 spiro atoms. The first kappa shape index (κ1) is 17.7. The number of carbonyl (C=O) groups is 1. The molecule has 5 heteroatoms. The Bertz CT molecular complexity index is 535. The van der Waals surface area contributed by atoms with E-state index in [1.807, 2.05) is 6.92 Å². The van der Waals surface area contributed by atoms with Crippen LogP contribution < -0.4 is 0 Å². The van der Waals surface area contributed by atoms with Crippen molar-refractivity contribution in [3.8, 4) is 11.6 Å². The predicted molar refractivity (Wildman–Crippen MR) is 86.3 cm³/mol. The molecule has 4 nitrogen and oxygen atoms in total. The molecule has 0 amide bonds. The van der Waals surface area contributed by atoms with Crippen LogP contribution in [0.5, 0.6) is 0 Å². The molecule has 0 heterocycles. The maximum Gasteiger partial charge on any atom is 0.405 e. The van der Waals surface area contributed by atoms with E-state index in [4.69, 9.17) is 9.05 Å². The lowest BCUT2D eigenvalue weighted by Crippen LogP contribution is -2.25. The zero-order chi connectivity index (χ0) is 16.5. The van der Waals surface area contributed by atoms with Crippen LogP contribution in [0.2, 0.25) is 0 Å². The summed E-state index contributed by atoms with van der Waals surface area (Å²) in [5.41, 5.74) is 2.78. The van der Waals surface area contributed by atoms with Crippen molar-refractivity contribution >= 4 is 13.4 Å². The van der Waals surface area contributed by atoms with Crippen molar-refractivity contribution in [3.63, 3.8) is 0 Å². The third-order valence-corrected chi connectivity index (χ3v) is 6.97.